The predicted octanol–water partition coefficient (Wildman–Crippen LogP) is 2.85. The van der Waals surface area contributed by atoms with E-state index in [1.807, 2.05) is 24.4 Å². The van der Waals surface area contributed by atoms with Gasteiger partial charge in [0.05, 0.1) is 19.9 Å². The van der Waals surface area contributed by atoms with Crippen LogP contribution >= 0.6 is 0 Å². The molecule has 0 amide bonds. The Hall–Kier alpha value is -2.11. The zero-order valence-corrected chi connectivity index (χ0v) is 15.1. The van der Waals surface area contributed by atoms with Gasteiger partial charge in [-0.3, -0.25) is 9.88 Å². The zero-order valence-electron chi connectivity index (χ0n) is 15.1. The Morgan fingerprint density at radius 1 is 1.08 bits per heavy atom. The molecule has 134 valence electrons. The first-order valence-electron chi connectivity index (χ1n) is 8.85. The predicted molar refractivity (Wildman–Crippen MR) is 98.9 cm³/mol. The molecule has 3 rings (SSSR count). The molecule has 2 heterocycles. The summed E-state index contributed by atoms with van der Waals surface area (Å²) in [6.07, 6.45) is 4.17. The number of nitrogens with one attached hydrogen (secondary N) is 1. The number of hydrogen-bond acceptors (Lipinski definition) is 5. The van der Waals surface area contributed by atoms with E-state index in [0.29, 0.717) is 6.04 Å². The highest BCUT2D eigenvalue weighted by molar-refractivity contribution is 5.46. The third-order valence-corrected chi connectivity index (χ3v) is 4.77. The number of para-hydroxylation sites is 1. The topological polar surface area (TPSA) is 46.6 Å². The van der Waals surface area contributed by atoms with Gasteiger partial charge in [-0.25, -0.2) is 0 Å². The Morgan fingerprint density at radius 3 is 2.60 bits per heavy atom. The third kappa shape index (κ3) is 4.71. The largest absolute Gasteiger partial charge is 0.493 e. The van der Waals surface area contributed by atoms with E-state index in [-0.39, 0.29) is 0 Å². The van der Waals surface area contributed by atoms with Gasteiger partial charge in [-0.15, -0.1) is 0 Å². The van der Waals surface area contributed by atoms with E-state index < -0.39 is 0 Å². The number of benzene rings is 1. The number of aromatic nitrogens is 1. The van der Waals surface area contributed by atoms with Crippen molar-refractivity contribution in [3.63, 3.8) is 0 Å². The SMILES string of the molecule is COc1cccc(CNC2CCN(Cc3ccccn3)CC2)c1OC. The summed E-state index contributed by atoms with van der Waals surface area (Å²) >= 11 is 0. The minimum atomic E-state index is 0.538. The molecule has 0 saturated carbocycles. The molecule has 0 unspecified atom stereocenters. The number of piperidine rings is 1. The molecule has 25 heavy (non-hydrogen) atoms. The van der Waals surface area contributed by atoms with Crippen molar-refractivity contribution in [2.45, 2.75) is 32.0 Å². The molecule has 1 aliphatic heterocycles. The summed E-state index contributed by atoms with van der Waals surface area (Å²) in [6.45, 7) is 3.94. The van der Waals surface area contributed by atoms with Gasteiger partial charge in [0.2, 0.25) is 0 Å². The average Bonchev–Trinajstić information content (AvgIpc) is 2.67. The van der Waals surface area contributed by atoms with Crippen molar-refractivity contribution >= 4 is 0 Å². The van der Waals surface area contributed by atoms with E-state index >= 15 is 0 Å². The monoisotopic (exact) mass is 341 g/mol. The summed E-state index contributed by atoms with van der Waals surface area (Å²) in [5, 5.41) is 3.67. The highest BCUT2D eigenvalue weighted by atomic mass is 16.5. The third-order valence-electron chi connectivity index (χ3n) is 4.77. The lowest BCUT2D eigenvalue weighted by Gasteiger charge is -2.32. The number of nitrogens with zero attached hydrogens (tertiary/aromatic N) is 2. The number of likely N-dealkylation sites (tertiary alicyclic amines) is 1. The molecule has 1 fully saturated rings. The lowest BCUT2D eigenvalue weighted by molar-refractivity contribution is 0.188. The number of ether oxygens (including phenoxy) is 2. The van der Waals surface area contributed by atoms with E-state index in [9.17, 15) is 0 Å². The van der Waals surface area contributed by atoms with Gasteiger partial charge in [-0.05, 0) is 31.0 Å². The van der Waals surface area contributed by atoms with Gasteiger partial charge in [-0.1, -0.05) is 18.2 Å². The van der Waals surface area contributed by atoms with Crippen LogP contribution in [0.4, 0.5) is 0 Å². The molecule has 1 saturated heterocycles. The quantitative estimate of drug-likeness (QED) is 0.839. The van der Waals surface area contributed by atoms with Crippen LogP contribution in [0.3, 0.4) is 0 Å². The van der Waals surface area contributed by atoms with Crippen LogP contribution in [0, 0.1) is 0 Å². The number of methoxy groups -OCH3 is 2. The molecule has 0 aliphatic carbocycles. The molecule has 1 aromatic carbocycles. The molecule has 1 aliphatic rings. The highest BCUT2D eigenvalue weighted by Gasteiger charge is 2.20. The molecule has 0 radical (unpaired) electrons. The Morgan fingerprint density at radius 2 is 1.92 bits per heavy atom. The fourth-order valence-electron chi connectivity index (χ4n) is 3.36. The van der Waals surface area contributed by atoms with Crippen molar-refractivity contribution in [3.05, 3.63) is 53.9 Å². The van der Waals surface area contributed by atoms with E-state index in [1.54, 1.807) is 14.2 Å². The lowest BCUT2D eigenvalue weighted by atomic mass is 10.0. The lowest BCUT2D eigenvalue weighted by Crippen LogP contribution is -2.42. The van der Waals surface area contributed by atoms with Crippen LogP contribution in [0.2, 0.25) is 0 Å². The first-order valence-corrected chi connectivity index (χ1v) is 8.85. The van der Waals surface area contributed by atoms with Gasteiger partial charge >= 0.3 is 0 Å². The summed E-state index contributed by atoms with van der Waals surface area (Å²) in [5.41, 5.74) is 2.28. The van der Waals surface area contributed by atoms with Crippen LogP contribution in [0.1, 0.15) is 24.1 Å². The summed E-state index contributed by atoms with van der Waals surface area (Å²) < 4.78 is 10.9. The number of pyridine rings is 1. The Bertz CT molecular complexity index is 655. The first-order chi connectivity index (χ1) is 12.3. The van der Waals surface area contributed by atoms with Crippen LogP contribution in [0.5, 0.6) is 11.5 Å². The molecule has 5 heteroatoms. The maximum absolute atomic E-state index is 5.51. The minimum absolute atomic E-state index is 0.538. The highest BCUT2D eigenvalue weighted by Crippen LogP contribution is 2.30. The van der Waals surface area contributed by atoms with Crippen molar-refractivity contribution in [2.75, 3.05) is 27.3 Å². The van der Waals surface area contributed by atoms with Crippen LogP contribution in [-0.2, 0) is 13.1 Å². The van der Waals surface area contributed by atoms with Crippen molar-refractivity contribution < 1.29 is 9.47 Å². The van der Waals surface area contributed by atoms with Gasteiger partial charge < -0.3 is 14.8 Å². The molecular formula is C20H27N3O2. The van der Waals surface area contributed by atoms with Gasteiger partial charge in [0.25, 0.3) is 0 Å². The van der Waals surface area contributed by atoms with Crippen molar-refractivity contribution in [1.29, 1.82) is 0 Å². The Labute approximate surface area is 150 Å². The smallest absolute Gasteiger partial charge is 0.165 e. The number of hydrogen-bond donors (Lipinski definition) is 1. The molecule has 0 spiro atoms. The first kappa shape index (κ1) is 17.7. The second-order valence-electron chi connectivity index (χ2n) is 6.41. The molecule has 1 aromatic heterocycles. The van der Waals surface area contributed by atoms with Crippen LogP contribution in [-0.4, -0.2) is 43.2 Å². The van der Waals surface area contributed by atoms with Crippen molar-refractivity contribution in [2.24, 2.45) is 0 Å². The Kier molecular flexibility index (Phi) is 6.25. The fraction of sp³-hybridized carbons (Fsp3) is 0.450. The van der Waals surface area contributed by atoms with Crippen LogP contribution in [0.25, 0.3) is 0 Å². The van der Waals surface area contributed by atoms with Gasteiger partial charge in [0.15, 0.2) is 11.5 Å². The average molecular weight is 341 g/mol. The second kappa shape index (κ2) is 8.83. The van der Waals surface area contributed by atoms with Crippen LogP contribution < -0.4 is 14.8 Å². The van der Waals surface area contributed by atoms with Crippen LogP contribution in [0.15, 0.2) is 42.6 Å². The van der Waals surface area contributed by atoms with E-state index in [2.05, 4.69) is 33.4 Å². The summed E-state index contributed by atoms with van der Waals surface area (Å²) in [6, 6.07) is 12.7. The maximum atomic E-state index is 5.51. The molecule has 0 atom stereocenters. The van der Waals surface area contributed by atoms with Gasteiger partial charge in [0.1, 0.15) is 0 Å². The molecule has 1 N–H and O–H groups in total. The summed E-state index contributed by atoms with van der Waals surface area (Å²) in [7, 11) is 3.36. The maximum Gasteiger partial charge on any atom is 0.165 e. The molecule has 0 bridgehead atoms. The van der Waals surface area contributed by atoms with E-state index in [4.69, 9.17) is 9.47 Å². The fourth-order valence-corrected chi connectivity index (χ4v) is 3.36. The van der Waals surface area contributed by atoms with Gasteiger partial charge in [0, 0.05) is 44.0 Å². The number of rotatable bonds is 7. The standard InChI is InChI=1S/C20H27N3O2/c1-24-19-8-5-6-16(20(19)25-2)14-22-17-9-12-23(13-10-17)15-18-7-3-4-11-21-18/h3-8,11,17,22H,9-10,12-15H2,1-2H3. The Balaban J connectivity index is 1.48. The summed E-state index contributed by atoms with van der Waals surface area (Å²) in [4.78, 5) is 6.90. The van der Waals surface area contributed by atoms with Gasteiger partial charge in [-0.2, -0.15) is 0 Å². The molecular weight excluding hydrogens is 314 g/mol. The second-order valence-corrected chi connectivity index (χ2v) is 6.41. The van der Waals surface area contributed by atoms with Crippen molar-refractivity contribution in [3.8, 4) is 11.5 Å². The normalized spacial score (nSPS) is 15.9. The van der Waals surface area contributed by atoms with E-state index in [1.165, 1.54) is 0 Å². The zero-order chi connectivity index (χ0) is 17.5. The molecule has 2 aromatic rings. The minimum Gasteiger partial charge on any atom is -0.493 e. The van der Waals surface area contributed by atoms with Crippen molar-refractivity contribution in [1.82, 2.24) is 15.2 Å². The molecule has 5 nitrogen and oxygen atoms in total. The summed E-state index contributed by atoms with van der Waals surface area (Å²) in [5.74, 6) is 1.61. The van der Waals surface area contributed by atoms with E-state index in [0.717, 1.165) is 61.8 Å².